The van der Waals surface area contributed by atoms with Crippen molar-refractivity contribution in [1.82, 2.24) is 35.0 Å². The lowest BCUT2D eigenvalue weighted by atomic mass is 9.86. The third-order valence-corrected chi connectivity index (χ3v) is 14.3. The van der Waals surface area contributed by atoms with E-state index < -0.39 is 29.7 Å². The van der Waals surface area contributed by atoms with Crippen LogP contribution in [0.4, 0.5) is 23.1 Å². The Labute approximate surface area is 393 Å². The first kappa shape index (κ1) is 46.0. The van der Waals surface area contributed by atoms with Crippen LogP contribution in [-0.2, 0) is 19.1 Å². The lowest BCUT2D eigenvalue weighted by molar-refractivity contribution is -0.136. The standard InChI is InChI=1S/C48H57ClN10O8/c1-6-30-24-56(17-18-57(30)36-10-8-34-42(27(36)4)47(65)59(45(34)63)38-11-12-40(60)53-44(38)62)31-21-33(22-31)67-32-13-15-55(16-14-32)48-51-23-35(49)43(54-48)52-29-7-9-37-28(19-29)20-39(66-25-41(61)50-5)46(64)58(37)26(2)3/h7-10,19-20,23,26,30-33,38H,6,11-18,21-22,24-25H2,1-5H3,(H,50,61)(H,51,52,54)(H,53,60,62)/t30-,31?,33?,38-/m1/s1. The number of benzene rings is 2. The van der Waals surface area contributed by atoms with E-state index in [-0.39, 0.29) is 61.0 Å². The Morgan fingerprint density at radius 3 is 2.46 bits per heavy atom. The van der Waals surface area contributed by atoms with Crippen LogP contribution in [0, 0.1) is 6.92 Å². The number of anilines is 4. The summed E-state index contributed by atoms with van der Waals surface area (Å²) in [4.78, 5) is 94.2. The van der Waals surface area contributed by atoms with Crippen LogP contribution in [0.25, 0.3) is 10.9 Å². The first-order valence-corrected chi connectivity index (χ1v) is 23.7. The summed E-state index contributed by atoms with van der Waals surface area (Å²) >= 11 is 6.61. The normalized spacial score (nSPS) is 22.6. The van der Waals surface area contributed by atoms with Gasteiger partial charge in [0.05, 0.1) is 35.0 Å². The number of halogens is 1. The number of hydrogen-bond acceptors (Lipinski definition) is 14. The SMILES string of the molecule is CC[C@@H]1CN(C2CC(OC3CCN(c4ncc(Cl)c(Nc5ccc6c(c5)cc(OCC(=O)NC)c(=O)n6C(C)C)n4)CC3)C2)CCN1c1ccc2c(c1C)C(=O)N([C@@H]1CCC(=O)NC1=O)C2=O. The number of likely N-dealkylation sites (N-methyl/N-ethyl adjacent to an activating group) is 1. The monoisotopic (exact) mass is 936 g/mol. The second-order valence-electron chi connectivity index (χ2n) is 18.4. The van der Waals surface area contributed by atoms with Gasteiger partial charge in [-0.2, -0.15) is 4.98 Å². The molecule has 1 aliphatic carbocycles. The number of aromatic nitrogens is 3. The van der Waals surface area contributed by atoms with Crippen molar-refractivity contribution in [2.24, 2.45) is 0 Å². The number of piperidine rings is 2. The van der Waals surface area contributed by atoms with Gasteiger partial charge in [-0.25, -0.2) is 4.98 Å². The van der Waals surface area contributed by atoms with Crippen molar-refractivity contribution < 1.29 is 33.4 Å². The molecular formula is C48H57ClN10O8. The largest absolute Gasteiger partial charge is 0.478 e. The molecule has 2 aromatic carbocycles. The highest BCUT2D eigenvalue weighted by molar-refractivity contribution is 6.33. The molecule has 19 heteroatoms. The zero-order valence-corrected chi connectivity index (χ0v) is 39.2. The van der Waals surface area contributed by atoms with Crippen molar-refractivity contribution in [2.45, 2.75) is 109 Å². The molecule has 2 atom stereocenters. The minimum Gasteiger partial charge on any atom is -0.478 e. The van der Waals surface area contributed by atoms with Crippen molar-refractivity contribution in [3.05, 3.63) is 74.7 Å². The van der Waals surface area contributed by atoms with Crippen molar-refractivity contribution in [3.63, 3.8) is 0 Å². The van der Waals surface area contributed by atoms with Crippen LogP contribution in [-0.4, -0.2) is 131 Å². The summed E-state index contributed by atoms with van der Waals surface area (Å²) in [6.45, 7) is 11.6. The number of pyridine rings is 1. The Kier molecular flexibility index (Phi) is 13.0. The van der Waals surface area contributed by atoms with Crippen molar-refractivity contribution in [3.8, 4) is 5.75 Å². The smallest absolute Gasteiger partial charge is 0.293 e. The van der Waals surface area contributed by atoms with Crippen molar-refractivity contribution in [1.29, 1.82) is 0 Å². The summed E-state index contributed by atoms with van der Waals surface area (Å²) in [6.07, 6.45) is 6.70. The molecule has 4 fully saturated rings. The Bertz CT molecular complexity index is 2700. The minimum atomic E-state index is -0.995. The van der Waals surface area contributed by atoms with Crippen LogP contribution in [0.2, 0.25) is 5.02 Å². The van der Waals surface area contributed by atoms with Gasteiger partial charge < -0.3 is 34.5 Å². The maximum absolute atomic E-state index is 13.7. The average molecular weight is 937 g/mol. The average Bonchev–Trinajstić information content (AvgIpc) is 3.56. The molecule has 5 aliphatic rings. The topological polar surface area (TPSA) is 201 Å². The van der Waals surface area contributed by atoms with Crippen molar-refractivity contribution >= 4 is 75.2 Å². The Balaban J connectivity index is 0.771. The van der Waals surface area contributed by atoms with E-state index >= 15 is 0 Å². The molecule has 5 amide bonds. The number of imide groups is 2. The number of ether oxygens (including phenoxy) is 2. The minimum absolute atomic E-state index is 0.0809. The van der Waals surface area contributed by atoms with E-state index in [4.69, 9.17) is 26.1 Å². The van der Waals surface area contributed by atoms with Crippen LogP contribution in [0.3, 0.4) is 0 Å². The van der Waals surface area contributed by atoms with Gasteiger partial charge in [-0.1, -0.05) is 18.5 Å². The zero-order chi connectivity index (χ0) is 47.3. The number of amides is 5. The molecule has 3 saturated heterocycles. The van der Waals surface area contributed by atoms with Gasteiger partial charge in [0.25, 0.3) is 23.3 Å². The number of piperazine rings is 1. The molecule has 9 rings (SSSR count). The van der Waals surface area contributed by atoms with Gasteiger partial charge >= 0.3 is 0 Å². The van der Waals surface area contributed by atoms with E-state index in [1.54, 1.807) is 22.9 Å². The van der Waals surface area contributed by atoms with E-state index in [2.05, 4.69) is 42.6 Å². The van der Waals surface area contributed by atoms with E-state index in [9.17, 15) is 28.8 Å². The van der Waals surface area contributed by atoms with Gasteiger partial charge in [-0.05, 0) is 101 Å². The molecule has 2 aromatic heterocycles. The summed E-state index contributed by atoms with van der Waals surface area (Å²) in [6, 6.07) is 10.4. The van der Waals surface area contributed by atoms with Gasteiger partial charge in [0, 0.05) is 81.1 Å². The number of nitrogens with zero attached hydrogens (tertiary/aromatic N) is 7. The summed E-state index contributed by atoms with van der Waals surface area (Å²) in [5.74, 6) is -1.20. The molecule has 1 saturated carbocycles. The van der Waals surface area contributed by atoms with E-state index in [1.807, 2.05) is 45.0 Å². The first-order valence-electron chi connectivity index (χ1n) is 23.3. The Morgan fingerprint density at radius 1 is 0.970 bits per heavy atom. The predicted molar refractivity (Wildman–Crippen MR) is 252 cm³/mol. The second-order valence-corrected chi connectivity index (χ2v) is 18.8. The quantitative estimate of drug-likeness (QED) is 0.156. The van der Waals surface area contributed by atoms with Crippen LogP contribution in [0.15, 0.2) is 47.4 Å². The maximum atomic E-state index is 13.7. The van der Waals surface area contributed by atoms with Gasteiger partial charge in [0.1, 0.15) is 11.1 Å². The predicted octanol–water partition coefficient (Wildman–Crippen LogP) is 4.72. The molecule has 4 aliphatic heterocycles. The van der Waals surface area contributed by atoms with Crippen LogP contribution >= 0.6 is 11.6 Å². The van der Waals surface area contributed by atoms with E-state index in [0.717, 1.165) is 91.9 Å². The molecule has 0 unspecified atom stereocenters. The highest BCUT2D eigenvalue weighted by Gasteiger charge is 2.46. The van der Waals surface area contributed by atoms with Crippen LogP contribution in [0.5, 0.6) is 5.75 Å². The molecule has 3 N–H and O–H groups in total. The number of nitrogens with one attached hydrogen (secondary N) is 3. The lowest BCUT2D eigenvalue weighted by Gasteiger charge is -2.50. The summed E-state index contributed by atoms with van der Waals surface area (Å²) < 4.78 is 13.9. The number of hydrogen-bond donors (Lipinski definition) is 3. The zero-order valence-electron chi connectivity index (χ0n) is 38.5. The summed E-state index contributed by atoms with van der Waals surface area (Å²) in [7, 11) is 1.51. The molecule has 4 aromatic rings. The van der Waals surface area contributed by atoms with Crippen LogP contribution < -0.4 is 36.0 Å². The van der Waals surface area contributed by atoms with Gasteiger partial charge in [-0.3, -0.25) is 43.9 Å². The van der Waals surface area contributed by atoms with E-state index in [0.29, 0.717) is 39.6 Å². The third-order valence-electron chi connectivity index (χ3n) is 14.0. The van der Waals surface area contributed by atoms with Gasteiger partial charge in [0.2, 0.25) is 17.8 Å². The molecule has 0 spiro atoms. The highest BCUT2D eigenvalue weighted by atomic mass is 35.5. The number of fused-ring (bicyclic) bond motifs is 2. The molecule has 18 nitrogen and oxygen atoms in total. The Morgan fingerprint density at radius 2 is 1.75 bits per heavy atom. The molecular weight excluding hydrogens is 880 g/mol. The molecule has 354 valence electrons. The molecule has 67 heavy (non-hydrogen) atoms. The maximum Gasteiger partial charge on any atom is 0.293 e. The Hall–Kier alpha value is -6.11. The summed E-state index contributed by atoms with van der Waals surface area (Å²) in [5, 5.41) is 9.22. The van der Waals surface area contributed by atoms with Crippen LogP contribution in [0.1, 0.15) is 98.0 Å². The van der Waals surface area contributed by atoms with Gasteiger partial charge in [-0.15, -0.1) is 0 Å². The number of carbonyl (C=O) groups excluding carboxylic acids is 5. The number of rotatable bonds is 13. The summed E-state index contributed by atoms with van der Waals surface area (Å²) in [5.41, 5.74) is 3.44. The molecule has 6 heterocycles. The lowest BCUT2D eigenvalue weighted by Crippen LogP contribution is -2.59. The third kappa shape index (κ3) is 8.93. The molecule has 0 radical (unpaired) electrons. The number of carbonyl (C=O) groups is 5. The fourth-order valence-corrected chi connectivity index (χ4v) is 10.4. The first-order chi connectivity index (χ1) is 32.2. The van der Waals surface area contributed by atoms with E-state index in [1.165, 1.54) is 7.05 Å². The second kappa shape index (κ2) is 18.9. The fraction of sp³-hybridized carbons (Fsp3) is 0.500. The fourth-order valence-electron chi connectivity index (χ4n) is 10.3. The van der Waals surface area contributed by atoms with Crippen molar-refractivity contribution in [2.75, 3.05) is 61.5 Å². The highest BCUT2D eigenvalue weighted by Crippen LogP contribution is 2.38. The van der Waals surface area contributed by atoms with Gasteiger partial charge in [0.15, 0.2) is 18.2 Å². The molecule has 0 bridgehead atoms.